The fraction of sp³-hybridized carbons (Fsp3) is 0.231. The zero-order valence-electron chi connectivity index (χ0n) is 9.98. The number of carbonyl (C=O) groups is 1. The van der Waals surface area contributed by atoms with Gasteiger partial charge in [-0.25, -0.2) is 4.98 Å². The summed E-state index contributed by atoms with van der Waals surface area (Å²) in [6.45, 7) is 1.70. The molecule has 0 amide bonds. The van der Waals surface area contributed by atoms with Gasteiger partial charge in [-0.05, 0) is 24.6 Å². The molecule has 0 saturated carbocycles. The van der Waals surface area contributed by atoms with E-state index < -0.39 is 5.97 Å². The van der Waals surface area contributed by atoms with Crippen molar-refractivity contribution in [3.8, 4) is 5.69 Å². The smallest absolute Gasteiger partial charge is 0.316 e. The number of aromatic nitrogens is 2. The minimum atomic E-state index is -0.768. The lowest BCUT2D eigenvalue weighted by Crippen LogP contribution is -2.11. The van der Waals surface area contributed by atoms with Crippen LogP contribution >= 0.6 is 11.8 Å². The quantitative estimate of drug-likeness (QED) is 0.899. The van der Waals surface area contributed by atoms with E-state index in [-0.39, 0.29) is 5.25 Å². The Bertz CT molecular complexity index is 508. The van der Waals surface area contributed by atoms with Crippen LogP contribution in [0.25, 0.3) is 5.69 Å². The highest BCUT2D eigenvalue weighted by atomic mass is 32.2. The summed E-state index contributed by atoms with van der Waals surface area (Å²) < 4.78 is 1.93. The number of thioether (sulfide) groups is 1. The first-order valence-corrected chi connectivity index (χ1v) is 6.63. The third-order valence-electron chi connectivity index (χ3n) is 2.59. The molecule has 2 rings (SSSR count). The van der Waals surface area contributed by atoms with Crippen molar-refractivity contribution < 1.29 is 9.90 Å². The van der Waals surface area contributed by atoms with Crippen LogP contribution < -0.4 is 0 Å². The van der Waals surface area contributed by atoms with E-state index in [0.717, 1.165) is 11.3 Å². The summed E-state index contributed by atoms with van der Waals surface area (Å²) in [5.74, 6) is -0.0625. The Morgan fingerprint density at radius 3 is 2.72 bits per heavy atom. The molecule has 5 heteroatoms. The number of benzene rings is 1. The summed E-state index contributed by atoms with van der Waals surface area (Å²) in [5, 5.41) is 8.42. The van der Waals surface area contributed by atoms with Crippen LogP contribution in [0.15, 0.2) is 43.0 Å². The van der Waals surface area contributed by atoms with Gasteiger partial charge in [0.05, 0.1) is 11.6 Å². The largest absolute Gasteiger partial charge is 0.480 e. The molecule has 0 bridgehead atoms. The highest BCUT2D eigenvalue weighted by Gasteiger charge is 2.10. The average Bonchev–Trinajstić information content (AvgIpc) is 2.90. The minimum Gasteiger partial charge on any atom is -0.480 e. The van der Waals surface area contributed by atoms with E-state index in [9.17, 15) is 4.79 Å². The lowest BCUT2D eigenvalue weighted by atomic mass is 10.2. The molecule has 1 atom stereocenters. The molecule has 0 saturated heterocycles. The summed E-state index contributed by atoms with van der Waals surface area (Å²) in [7, 11) is 0. The van der Waals surface area contributed by atoms with Gasteiger partial charge in [-0.2, -0.15) is 0 Å². The second-order valence-corrected chi connectivity index (χ2v) is 5.26. The van der Waals surface area contributed by atoms with Crippen molar-refractivity contribution in [1.82, 2.24) is 9.55 Å². The van der Waals surface area contributed by atoms with Gasteiger partial charge in [-0.15, -0.1) is 11.8 Å². The van der Waals surface area contributed by atoms with Crippen molar-refractivity contribution in [2.45, 2.75) is 17.9 Å². The van der Waals surface area contributed by atoms with Crippen LogP contribution in [0.2, 0.25) is 0 Å². The molecule has 18 heavy (non-hydrogen) atoms. The standard InChI is InChI=1S/C13H14N2O2S/c1-10(13(16)17)18-8-11-2-4-12(5-3-11)15-7-6-14-9-15/h2-7,9-10H,8H2,1H3,(H,16,17). The van der Waals surface area contributed by atoms with Crippen LogP contribution in [0.4, 0.5) is 0 Å². The van der Waals surface area contributed by atoms with Crippen LogP contribution in [0.5, 0.6) is 0 Å². The average molecular weight is 262 g/mol. The highest BCUT2D eigenvalue weighted by Crippen LogP contribution is 2.19. The SMILES string of the molecule is CC(SCc1ccc(-n2ccnc2)cc1)C(=O)O. The number of hydrogen-bond donors (Lipinski definition) is 1. The van der Waals surface area contributed by atoms with Gasteiger partial charge in [-0.3, -0.25) is 4.79 Å². The van der Waals surface area contributed by atoms with Gasteiger partial charge in [0.25, 0.3) is 0 Å². The molecule has 2 aromatic rings. The number of nitrogens with zero attached hydrogens (tertiary/aromatic N) is 2. The van der Waals surface area contributed by atoms with Gasteiger partial charge in [0.1, 0.15) is 0 Å². The van der Waals surface area contributed by atoms with E-state index in [1.807, 2.05) is 35.0 Å². The summed E-state index contributed by atoms with van der Waals surface area (Å²) in [6, 6.07) is 8.03. The van der Waals surface area contributed by atoms with E-state index in [2.05, 4.69) is 4.98 Å². The number of imidazole rings is 1. The Hall–Kier alpha value is -1.75. The van der Waals surface area contributed by atoms with Crippen molar-refractivity contribution in [1.29, 1.82) is 0 Å². The molecule has 1 heterocycles. The van der Waals surface area contributed by atoms with Gasteiger partial charge < -0.3 is 9.67 Å². The van der Waals surface area contributed by atoms with Crippen LogP contribution in [0.3, 0.4) is 0 Å². The van der Waals surface area contributed by atoms with Crippen LogP contribution in [-0.2, 0) is 10.5 Å². The van der Waals surface area contributed by atoms with Gasteiger partial charge in [-0.1, -0.05) is 12.1 Å². The van der Waals surface area contributed by atoms with Crippen LogP contribution in [-0.4, -0.2) is 25.9 Å². The van der Waals surface area contributed by atoms with Crippen molar-refractivity contribution >= 4 is 17.7 Å². The molecule has 0 aliphatic rings. The second-order valence-electron chi connectivity index (χ2n) is 3.93. The monoisotopic (exact) mass is 262 g/mol. The predicted octanol–water partition coefficient (Wildman–Crippen LogP) is 2.58. The molecule has 0 spiro atoms. The lowest BCUT2D eigenvalue weighted by Gasteiger charge is -2.07. The van der Waals surface area contributed by atoms with Gasteiger partial charge in [0, 0.05) is 23.8 Å². The lowest BCUT2D eigenvalue weighted by molar-refractivity contribution is -0.136. The Morgan fingerprint density at radius 2 is 2.17 bits per heavy atom. The van der Waals surface area contributed by atoms with Crippen molar-refractivity contribution in [3.05, 3.63) is 48.5 Å². The van der Waals surface area contributed by atoms with Gasteiger partial charge in [0.15, 0.2) is 0 Å². The minimum absolute atomic E-state index is 0.377. The second kappa shape index (κ2) is 5.73. The summed E-state index contributed by atoms with van der Waals surface area (Å²) in [4.78, 5) is 14.7. The zero-order chi connectivity index (χ0) is 13.0. The maximum atomic E-state index is 10.7. The van der Waals surface area contributed by atoms with E-state index in [4.69, 9.17) is 5.11 Å². The number of hydrogen-bond acceptors (Lipinski definition) is 3. The molecule has 0 aliphatic heterocycles. The van der Waals surface area contributed by atoms with Crippen molar-refractivity contribution in [3.63, 3.8) is 0 Å². The van der Waals surface area contributed by atoms with Crippen molar-refractivity contribution in [2.24, 2.45) is 0 Å². The molecule has 0 aliphatic carbocycles. The summed E-state index contributed by atoms with van der Waals surface area (Å²) in [6.07, 6.45) is 5.37. The molecule has 0 radical (unpaired) electrons. The summed E-state index contributed by atoms with van der Waals surface area (Å²) in [5.41, 5.74) is 2.17. The molecular formula is C13H14N2O2S. The number of carboxylic acids is 1. The van der Waals surface area contributed by atoms with Crippen molar-refractivity contribution in [2.75, 3.05) is 0 Å². The molecule has 94 valence electrons. The molecule has 1 N–H and O–H groups in total. The van der Waals surface area contributed by atoms with Gasteiger partial charge >= 0.3 is 5.97 Å². The summed E-state index contributed by atoms with van der Waals surface area (Å²) >= 11 is 1.42. The van der Waals surface area contributed by atoms with E-state index in [1.54, 1.807) is 19.4 Å². The number of aliphatic carboxylic acids is 1. The van der Waals surface area contributed by atoms with E-state index >= 15 is 0 Å². The van der Waals surface area contributed by atoms with E-state index in [1.165, 1.54) is 11.8 Å². The molecular weight excluding hydrogens is 248 g/mol. The third kappa shape index (κ3) is 3.13. The first-order chi connectivity index (χ1) is 8.66. The molecule has 1 unspecified atom stereocenters. The normalized spacial score (nSPS) is 12.3. The maximum Gasteiger partial charge on any atom is 0.316 e. The first-order valence-electron chi connectivity index (χ1n) is 5.58. The molecule has 1 aromatic carbocycles. The van der Waals surface area contributed by atoms with Crippen LogP contribution in [0, 0.1) is 0 Å². The topological polar surface area (TPSA) is 55.1 Å². The third-order valence-corrected chi connectivity index (χ3v) is 3.79. The Labute approximate surface area is 110 Å². The molecule has 1 aromatic heterocycles. The highest BCUT2D eigenvalue weighted by molar-refractivity contribution is 7.99. The van der Waals surface area contributed by atoms with E-state index in [0.29, 0.717) is 5.75 Å². The first kappa shape index (κ1) is 12.7. The maximum absolute atomic E-state index is 10.7. The fourth-order valence-electron chi connectivity index (χ4n) is 1.47. The van der Waals surface area contributed by atoms with Gasteiger partial charge in [0.2, 0.25) is 0 Å². The Morgan fingerprint density at radius 1 is 1.44 bits per heavy atom. The molecule has 4 nitrogen and oxygen atoms in total. The molecule has 0 fully saturated rings. The Balaban J connectivity index is 1.98. The predicted molar refractivity (Wildman–Crippen MR) is 72.0 cm³/mol. The Kier molecular flexibility index (Phi) is 4.04. The van der Waals surface area contributed by atoms with Crippen LogP contribution in [0.1, 0.15) is 12.5 Å². The zero-order valence-corrected chi connectivity index (χ0v) is 10.8. The number of rotatable bonds is 5. The number of carboxylic acid groups (broad SMARTS) is 1. The fourth-order valence-corrected chi connectivity index (χ4v) is 2.25.